The average molecular weight is 587 g/mol. The molecule has 0 aliphatic carbocycles. The Hall–Kier alpha value is -3.04. The molecule has 41 heavy (non-hydrogen) atoms. The van der Waals surface area contributed by atoms with Crippen LogP contribution in [0, 0.1) is 23.7 Å². The lowest BCUT2D eigenvalue weighted by atomic mass is 9.79. The lowest BCUT2D eigenvalue weighted by Crippen LogP contribution is -2.42. The fraction of sp³-hybridized carbons (Fsp3) is 0.645. The largest absolute Gasteiger partial charge is 0.460 e. The number of carbonyl (C=O) groups excluding carboxylic acids is 5. The van der Waals surface area contributed by atoms with Gasteiger partial charge in [-0.2, -0.15) is 13.2 Å². The molecule has 1 rings (SSSR count). The molecule has 7 nitrogen and oxygen atoms in total. The van der Waals surface area contributed by atoms with Crippen molar-refractivity contribution in [2.24, 2.45) is 16.7 Å². The normalized spacial score (nSPS) is 13.4. The smallest absolute Gasteiger partial charge is 0.416 e. The van der Waals surface area contributed by atoms with E-state index in [0.717, 1.165) is 18.2 Å². The molecule has 0 amide bonds. The molecule has 0 heterocycles. The number of carbonyl (C=O) groups is 5. The minimum Gasteiger partial charge on any atom is -0.460 e. The van der Waals surface area contributed by atoms with Crippen LogP contribution in [-0.4, -0.2) is 40.5 Å². The maximum Gasteiger partial charge on any atom is 0.416 e. The van der Waals surface area contributed by atoms with E-state index in [4.69, 9.17) is 9.47 Å². The molecule has 0 saturated heterocycles. The first-order valence-electron chi connectivity index (χ1n) is 13.2. The standard InChI is InChI=1S/C20H25F3O4.C11H20O3/c1-11-10-12(20(21,22)23)8-9-13(11)15(24)14(16(25)18(2,3)4)17(26)27-19(5,6)7;1-10(2,3)8(12)7-9(13)14-11(4,5)6/h8-10,14H,1-7H3;7H2,1-6H3. The van der Waals surface area contributed by atoms with E-state index in [2.05, 4.69) is 0 Å². The lowest BCUT2D eigenvalue weighted by Gasteiger charge is -2.27. The Morgan fingerprint density at radius 1 is 0.732 bits per heavy atom. The molecule has 0 bridgehead atoms. The first-order chi connectivity index (χ1) is 18.0. The van der Waals surface area contributed by atoms with Crippen molar-refractivity contribution in [3.63, 3.8) is 0 Å². The van der Waals surface area contributed by atoms with Crippen LogP contribution < -0.4 is 0 Å². The van der Waals surface area contributed by atoms with Crippen LogP contribution in [0.3, 0.4) is 0 Å². The molecule has 0 aliphatic rings. The van der Waals surface area contributed by atoms with Crippen LogP contribution in [0.1, 0.15) is 111 Å². The zero-order valence-corrected chi connectivity index (χ0v) is 26.5. The molecule has 0 radical (unpaired) electrons. The van der Waals surface area contributed by atoms with Gasteiger partial charge in [-0.1, -0.05) is 47.6 Å². The van der Waals surface area contributed by atoms with Crippen molar-refractivity contribution in [2.45, 2.75) is 114 Å². The van der Waals surface area contributed by atoms with E-state index in [0.29, 0.717) is 0 Å². The second-order valence-electron chi connectivity index (χ2n) is 13.9. The van der Waals surface area contributed by atoms with Gasteiger partial charge in [-0.15, -0.1) is 0 Å². The van der Waals surface area contributed by atoms with Crippen LogP contribution in [0.4, 0.5) is 13.2 Å². The maximum atomic E-state index is 12.9. The van der Waals surface area contributed by atoms with Crippen LogP contribution in [0.2, 0.25) is 0 Å². The van der Waals surface area contributed by atoms with E-state index in [-0.39, 0.29) is 23.3 Å². The molecular weight excluding hydrogens is 541 g/mol. The number of aryl methyl sites for hydroxylation is 1. The number of Topliss-reactive ketones (excluding diaryl/α,β-unsaturated/α-hetero) is 3. The number of alkyl halides is 3. The average Bonchev–Trinajstić information content (AvgIpc) is 2.69. The van der Waals surface area contributed by atoms with Crippen LogP contribution in [0.25, 0.3) is 0 Å². The molecule has 232 valence electrons. The molecule has 1 aromatic rings. The second kappa shape index (κ2) is 13.3. The number of hydrogen-bond donors (Lipinski definition) is 0. The minimum atomic E-state index is -4.56. The summed E-state index contributed by atoms with van der Waals surface area (Å²) < 4.78 is 48.8. The van der Waals surface area contributed by atoms with Crippen molar-refractivity contribution in [3.05, 3.63) is 34.9 Å². The van der Waals surface area contributed by atoms with Gasteiger partial charge in [-0.25, -0.2) is 0 Å². The molecule has 1 aromatic carbocycles. The number of ketones is 3. The predicted octanol–water partition coefficient (Wildman–Crippen LogP) is 7.10. The van der Waals surface area contributed by atoms with Crippen LogP contribution >= 0.6 is 0 Å². The first kappa shape index (κ1) is 38.0. The molecule has 0 saturated carbocycles. The van der Waals surface area contributed by atoms with E-state index < -0.39 is 63.2 Å². The lowest BCUT2D eigenvalue weighted by molar-refractivity contribution is -0.162. The van der Waals surface area contributed by atoms with E-state index in [1.54, 1.807) is 83.1 Å². The first-order valence-corrected chi connectivity index (χ1v) is 13.2. The van der Waals surface area contributed by atoms with E-state index in [1.165, 1.54) is 6.92 Å². The molecule has 10 heteroatoms. The van der Waals surface area contributed by atoms with Gasteiger partial charge in [0.25, 0.3) is 0 Å². The summed E-state index contributed by atoms with van der Waals surface area (Å²) in [6.07, 6.45) is -4.70. The van der Waals surface area contributed by atoms with Crippen LogP contribution in [0.5, 0.6) is 0 Å². The fourth-order valence-electron chi connectivity index (χ4n) is 3.17. The van der Waals surface area contributed by atoms with Crippen molar-refractivity contribution in [1.29, 1.82) is 0 Å². The Morgan fingerprint density at radius 3 is 1.54 bits per heavy atom. The van der Waals surface area contributed by atoms with Crippen LogP contribution in [-0.2, 0) is 34.8 Å². The third-order valence-corrected chi connectivity index (χ3v) is 5.29. The van der Waals surface area contributed by atoms with Gasteiger partial charge in [0.15, 0.2) is 17.5 Å². The summed E-state index contributed by atoms with van der Waals surface area (Å²) in [6, 6.07) is 2.57. The maximum absolute atomic E-state index is 12.9. The minimum absolute atomic E-state index is 0.0325. The van der Waals surface area contributed by atoms with Crippen molar-refractivity contribution >= 4 is 29.3 Å². The third-order valence-electron chi connectivity index (χ3n) is 5.29. The summed E-state index contributed by atoms with van der Waals surface area (Å²) in [4.78, 5) is 61.0. The van der Waals surface area contributed by atoms with Gasteiger partial charge in [0.2, 0.25) is 0 Å². The zero-order valence-electron chi connectivity index (χ0n) is 26.5. The molecule has 0 spiro atoms. The molecule has 0 fully saturated rings. The Morgan fingerprint density at radius 2 is 1.20 bits per heavy atom. The highest BCUT2D eigenvalue weighted by molar-refractivity contribution is 6.23. The number of benzene rings is 1. The van der Waals surface area contributed by atoms with Crippen LogP contribution in [0.15, 0.2) is 18.2 Å². The third kappa shape index (κ3) is 13.4. The second-order valence-corrected chi connectivity index (χ2v) is 13.9. The SMILES string of the molecule is CC(C)(C)OC(=O)CC(=O)C(C)(C)C.Cc1cc(C(F)(F)F)ccc1C(=O)C(C(=O)OC(C)(C)C)C(=O)C(C)(C)C. The van der Waals surface area contributed by atoms with Crippen molar-refractivity contribution in [2.75, 3.05) is 0 Å². The van der Waals surface area contributed by atoms with Gasteiger partial charge in [-0.05, 0) is 66.2 Å². The summed E-state index contributed by atoms with van der Waals surface area (Å²) >= 11 is 0. The van der Waals surface area contributed by atoms with Gasteiger partial charge < -0.3 is 9.47 Å². The van der Waals surface area contributed by atoms with Gasteiger partial charge >= 0.3 is 18.1 Å². The Kier molecular flexibility index (Phi) is 12.3. The Balaban J connectivity index is 0.000000964. The number of hydrogen-bond acceptors (Lipinski definition) is 7. The summed E-state index contributed by atoms with van der Waals surface area (Å²) in [5.74, 6) is -4.80. The van der Waals surface area contributed by atoms with Gasteiger partial charge in [0.1, 0.15) is 23.4 Å². The summed E-state index contributed by atoms with van der Waals surface area (Å²) in [7, 11) is 0. The van der Waals surface area contributed by atoms with Gasteiger partial charge in [-0.3, -0.25) is 24.0 Å². The molecule has 1 unspecified atom stereocenters. The topological polar surface area (TPSA) is 104 Å². The van der Waals surface area contributed by atoms with Gasteiger partial charge in [0.05, 0.1) is 5.56 Å². The number of halogens is 3. The monoisotopic (exact) mass is 586 g/mol. The fourth-order valence-corrected chi connectivity index (χ4v) is 3.17. The quantitative estimate of drug-likeness (QED) is 0.199. The summed E-state index contributed by atoms with van der Waals surface area (Å²) in [5, 5.41) is 0. The predicted molar refractivity (Wildman–Crippen MR) is 149 cm³/mol. The highest BCUT2D eigenvalue weighted by Crippen LogP contribution is 2.32. The van der Waals surface area contributed by atoms with Crippen molar-refractivity contribution in [3.8, 4) is 0 Å². The highest BCUT2D eigenvalue weighted by atomic mass is 19.4. The number of esters is 2. The van der Waals surface area contributed by atoms with Crippen molar-refractivity contribution < 1.29 is 46.6 Å². The number of rotatable bonds is 6. The Bertz CT molecular complexity index is 1140. The molecule has 1 atom stereocenters. The molecular formula is C31H45F3O7. The van der Waals surface area contributed by atoms with Gasteiger partial charge in [0, 0.05) is 16.4 Å². The molecule has 0 N–H and O–H groups in total. The molecule has 0 aliphatic heterocycles. The van der Waals surface area contributed by atoms with E-state index in [9.17, 15) is 37.1 Å². The zero-order chi connectivity index (χ0) is 32.9. The van der Waals surface area contributed by atoms with E-state index >= 15 is 0 Å². The summed E-state index contributed by atoms with van der Waals surface area (Å²) in [5.41, 5.74) is -3.93. The number of ether oxygens (including phenoxy) is 2. The van der Waals surface area contributed by atoms with E-state index in [1.807, 2.05) is 0 Å². The summed E-state index contributed by atoms with van der Waals surface area (Å²) in [6.45, 7) is 21.5. The molecule has 0 aromatic heterocycles. The van der Waals surface area contributed by atoms with Crippen molar-refractivity contribution in [1.82, 2.24) is 0 Å². The highest BCUT2D eigenvalue weighted by Gasteiger charge is 2.43. The Labute approximate surface area is 241 Å².